The minimum Gasteiger partial charge on any atom is -0.494 e. The number of ether oxygens (including phenoxy) is 1. The Labute approximate surface area is 134 Å². The van der Waals surface area contributed by atoms with Crippen molar-refractivity contribution in [2.24, 2.45) is 0 Å². The highest BCUT2D eigenvalue weighted by Gasteiger charge is 2.01. The Kier molecular flexibility index (Phi) is 6.10. The molecule has 2 rings (SSSR count). The highest BCUT2D eigenvalue weighted by molar-refractivity contribution is 6.30. The predicted molar refractivity (Wildman–Crippen MR) is 88.1 cm³/mol. The van der Waals surface area contributed by atoms with Crippen molar-refractivity contribution in [3.8, 4) is 5.75 Å². The van der Waals surface area contributed by atoms with Crippen LogP contribution >= 0.6 is 11.6 Å². The van der Waals surface area contributed by atoms with Gasteiger partial charge in [-0.1, -0.05) is 11.6 Å². The number of halogens is 1. The standard InChI is InChI=1S/C17H18ClNO3/c18-14-5-7-15(8-6-14)19-11-1-2-12-22-16-9-3-13(4-10-16)17(20)21/h3-10,19H,1-2,11-12H2,(H,20,21). The van der Waals surface area contributed by atoms with Gasteiger partial charge in [0.25, 0.3) is 0 Å². The lowest BCUT2D eigenvalue weighted by Gasteiger charge is -2.08. The number of carbonyl (C=O) groups is 1. The van der Waals surface area contributed by atoms with Crippen LogP contribution in [0.5, 0.6) is 5.75 Å². The number of benzene rings is 2. The van der Waals surface area contributed by atoms with E-state index in [-0.39, 0.29) is 5.56 Å². The van der Waals surface area contributed by atoms with Crippen LogP contribution in [0.25, 0.3) is 0 Å². The Bertz CT molecular complexity index is 596. The summed E-state index contributed by atoms with van der Waals surface area (Å²) in [6.45, 7) is 1.47. The highest BCUT2D eigenvalue weighted by Crippen LogP contribution is 2.14. The molecule has 0 atom stereocenters. The molecular weight excluding hydrogens is 302 g/mol. The number of hydrogen-bond acceptors (Lipinski definition) is 3. The van der Waals surface area contributed by atoms with E-state index in [0.29, 0.717) is 12.4 Å². The summed E-state index contributed by atoms with van der Waals surface area (Å²) in [6, 6.07) is 14.0. The van der Waals surface area contributed by atoms with E-state index in [1.807, 2.05) is 24.3 Å². The fraction of sp³-hybridized carbons (Fsp3) is 0.235. The van der Waals surface area contributed by atoms with E-state index in [4.69, 9.17) is 21.4 Å². The van der Waals surface area contributed by atoms with Crippen LogP contribution in [0, 0.1) is 0 Å². The van der Waals surface area contributed by atoms with E-state index in [2.05, 4.69) is 5.32 Å². The van der Waals surface area contributed by atoms with Gasteiger partial charge < -0.3 is 15.2 Å². The normalized spacial score (nSPS) is 10.2. The van der Waals surface area contributed by atoms with E-state index in [1.54, 1.807) is 24.3 Å². The second kappa shape index (κ2) is 8.29. The van der Waals surface area contributed by atoms with Gasteiger partial charge in [-0.2, -0.15) is 0 Å². The van der Waals surface area contributed by atoms with Crippen LogP contribution in [0.4, 0.5) is 5.69 Å². The first kappa shape index (κ1) is 16.2. The number of carboxylic acids is 1. The maximum Gasteiger partial charge on any atom is 0.335 e. The third-order valence-electron chi connectivity index (χ3n) is 3.11. The zero-order valence-corrected chi connectivity index (χ0v) is 12.8. The molecule has 0 aliphatic rings. The molecule has 0 heterocycles. The van der Waals surface area contributed by atoms with E-state index >= 15 is 0 Å². The molecule has 0 aliphatic heterocycles. The molecule has 5 heteroatoms. The van der Waals surface area contributed by atoms with Gasteiger partial charge >= 0.3 is 5.97 Å². The molecule has 0 aromatic heterocycles. The predicted octanol–water partition coefficient (Wildman–Crippen LogP) is 4.31. The summed E-state index contributed by atoms with van der Waals surface area (Å²) in [5.41, 5.74) is 1.31. The molecule has 0 fully saturated rings. The first-order chi connectivity index (χ1) is 10.6. The smallest absolute Gasteiger partial charge is 0.335 e. The van der Waals surface area contributed by atoms with Crippen LogP contribution < -0.4 is 10.1 Å². The van der Waals surface area contributed by atoms with E-state index in [9.17, 15) is 4.79 Å². The molecule has 0 saturated heterocycles. The lowest BCUT2D eigenvalue weighted by Crippen LogP contribution is -2.05. The van der Waals surface area contributed by atoms with Crippen LogP contribution in [0.1, 0.15) is 23.2 Å². The fourth-order valence-electron chi connectivity index (χ4n) is 1.91. The zero-order valence-electron chi connectivity index (χ0n) is 12.1. The van der Waals surface area contributed by atoms with Gasteiger partial charge in [-0.3, -0.25) is 0 Å². The summed E-state index contributed by atoms with van der Waals surface area (Å²) in [5, 5.41) is 12.8. The molecule has 0 bridgehead atoms. The van der Waals surface area contributed by atoms with Crippen LogP contribution in [-0.2, 0) is 0 Å². The summed E-state index contributed by atoms with van der Waals surface area (Å²) in [5.74, 6) is -0.240. The number of unbranched alkanes of at least 4 members (excludes halogenated alkanes) is 1. The largest absolute Gasteiger partial charge is 0.494 e. The number of aromatic carboxylic acids is 1. The Morgan fingerprint density at radius 1 is 1.05 bits per heavy atom. The van der Waals surface area contributed by atoms with Gasteiger partial charge in [-0.05, 0) is 61.4 Å². The molecule has 2 N–H and O–H groups in total. The van der Waals surface area contributed by atoms with Crippen molar-refractivity contribution >= 4 is 23.3 Å². The monoisotopic (exact) mass is 319 g/mol. The van der Waals surface area contributed by atoms with Crippen molar-refractivity contribution in [2.75, 3.05) is 18.5 Å². The van der Waals surface area contributed by atoms with Crippen molar-refractivity contribution in [1.82, 2.24) is 0 Å². The van der Waals surface area contributed by atoms with E-state index in [0.717, 1.165) is 30.1 Å². The Balaban J connectivity index is 1.61. The third kappa shape index (κ3) is 5.30. The minimum atomic E-state index is -0.931. The maximum absolute atomic E-state index is 10.7. The molecule has 0 radical (unpaired) electrons. The molecule has 116 valence electrons. The molecule has 0 saturated carbocycles. The first-order valence-corrected chi connectivity index (χ1v) is 7.48. The molecule has 22 heavy (non-hydrogen) atoms. The second-order valence-corrected chi connectivity index (χ2v) is 5.26. The van der Waals surface area contributed by atoms with Crippen LogP contribution in [0.3, 0.4) is 0 Å². The van der Waals surface area contributed by atoms with Crippen LogP contribution in [0.2, 0.25) is 5.02 Å². The van der Waals surface area contributed by atoms with Crippen molar-refractivity contribution in [2.45, 2.75) is 12.8 Å². The highest BCUT2D eigenvalue weighted by atomic mass is 35.5. The lowest BCUT2D eigenvalue weighted by atomic mass is 10.2. The van der Waals surface area contributed by atoms with Gasteiger partial charge in [0.15, 0.2) is 0 Å². The van der Waals surface area contributed by atoms with Crippen LogP contribution in [-0.4, -0.2) is 24.2 Å². The van der Waals surface area contributed by atoms with Gasteiger partial charge in [0.2, 0.25) is 0 Å². The number of carboxylic acid groups (broad SMARTS) is 1. The summed E-state index contributed by atoms with van der Waals surface area (Å²) >= 11 is 5.82. The number of hydrogen-bond donors (Lipinski definition) is 2. The van der Waals surface area contributed by atoms with Gasteiger partial charge in [0.1, 0.15) is 5.75 Å². The van der Waals surface area contributed by atoms with Gasteiger partial charge in [0.05, 0.1) is 12.2 Å². The van der Waals surface area contributed by atoms with Crippen LogP contribution in [0.15, 0.2) is 48.5 Å². The summed E-state index contributed by atoms with van der Waals surface area (Å²) in [7, 11) is 0. The van der Waals surface area contributed by atoms with E-state index < -0.39 is 5.97 Å². The molecule has 0 unspecified atom stereocenters. The SMILES string of the molecule is O=C(O)c1ccc(OCCCCNc2ccc(Cl)cc2)cc1. The molecular formula is C17H18ClNO3. The fourth-order valence-corrected chi connectivity index (χ4v) is 2.04. The first-order valence-electron chi connectivity index (χ1n) is 7.11. The second-order valence-electron chi connectivity index (χ2n) is 4.82. The molecule has 0 spiro atoms. The molecule has 4 nitrogen and oxygen atoms in total. The topological polar surface area (TPSA) is 58.6 Å². The maximum atomic E-state index is 10.7. The van der Waals surface area contributed by atoms with Gasteiger partial charge in [-0.15, -0.1) is 0 Å². The van der Waals surface area contributed by atoms with E-state index in [1.165, 1.54) is 0 Å². The Morgan fingerprint density at radius 3 is 2.36 bits per heavy atom. The Morgan fingerprint density at radius 2 is 1.73 bits per heavy atom. The van der Waals surface area contributed by atoms with Crippen molar-refractivity contribution in [1.29, 1.82) is 0 Å². The van der Waals surface area contributed by atoms with Gasteiger partial charge in [-0.25, -0.2) is 4.79 Å². The lowest BCUT2D eigenvalue weighted by molar-refractivity contribution is 0.0697. The third-order valence-corrected chi connectivity index (χ3v) is 3.37. The molecule has 2 aromatic rings. The van der Waals surface area contributed by atoms with Crippen molar-refractivity contribution < 1.29 is 14.6 Å². The number of nitrogens with one attached hydrogen (secondary N) is 1. The van der Waals surface area contributed by atoms with Crippen molar-refractivity contribution in [3.05, 3.63) is 59.1 Å². The number of anilines is 1. The van der Waals surface area contributed by atoms with Crippen molar-refractivity contribution in [3.63, 3.8) is 0 Å². The molecule has 0 aliphatic carbocycles. The average molecular weight is 320 g/mol. The molecule has 2 aromatic carbocycles. The summed E-state index contributed by atoms with van der Waals surface area (Å²) < 4.78 is 5.57. The summed E-state index contributed by atoms with van der Waals surface area (Å²) in [4.78, 5) is 10.7. The van der Waals surface area contributed by atoms with Gasteiger partial charge in [0, 0.05) is 17.3 Å². The quantitative estimate of drug-likeness (QED) is 0.712. The zero-order chi connectivity index (χ0) is 15.8. The number of rotatable bonds is 8. The average Bonchev–Trinajstić information content (AvgIpc) is 2.53. The Hall–Kier alpha value is -2.20. The minimum absolute atomic E-state index is 0.263. The molecule has 0 amide bonds. The summed E-state index contributed by atoms with van der Waals surface area (Å²) in [6.07, 6.45) is 1.90.